The number of anilines is 2. The molecule has 4 aromatic rings. The number of carbonyl (C=O) groups excluding carboxylic acids is 4. The normalized spacial score (nSPS) is 17.5. The van der Waals surface area contributed by atoms with E-state index < -0.39 is 35.6 Å². The van der Waals surface area contributed by atoms with Gasteiger partial charge in [-0.3, -0.25) is 14.4 Å². The van der Waals surface area contributed by atoms with Crippen LogP contribution in [-0.2, 0) is 20.7 Å². The van der Waals surface area contributed by atoms with Crippen molar-refractivity contribution >= 4 is 35.3 Å². The Morgan fingerprint density at radius 3 is 2.23 bits per heavy atom. The van der Waals surface area contributed by atoms with E-state index in [4.69, 9.17) is 9.72 Å². The van der Waals surface area contributed by atoms with E-state index in [1.807, 2.05) is 58.3 Å². The summed E-state index contributed by atoms with van der Waals surface area (Å²) in [6, 6.07) is 11.8. The monoisotopic (exact) mass is 860 g/mol. The lowest BCUT2D eigenvalue weighted by molar-refractivity contribution is -0.274. The first kappa shape index (κ1) is 45.4. The van der Waals surface area contributed by atoms with Crippen LogP contribution in [0.5, 0.6) is 5.75 Å². The molecule has 3 atom stereocenters. The third-order valence-corrected chi connectivity index (χ3v) is 11.2. The topological polar surface area (TPSA) is 162 Å². The number of likely N-dealkylation sites (tertiary alicyclic amines) is 1. The van der Waals surface area contributed by atoms with Crippen molar-refractivity contribution in [3.63, 3.8) is 0 Å². The van der Waals surface area contributed by atoms with Gasteiger partial charge in [-0.25, -0.2) is 14.8 Å². The zero-order valence-electron chi connectivity index (χ0n) is 36.4. The predicted molar refractivity (Wildman–Crippen MR) is 228 cm³/mol. The van der Waals surface area contributed by atoms with Crippen molar-refractivity contribution in [3.05, 3.63) is 77.9 Å². The molecule has 2 aromatic carbocycles. The average molecular weight is 861 g/mol. The zero-order chi connectivity index (χ0) is 45.1. The summed E-state index contributed by atoms with van der Waals surface area (Å²) in [6.45, 7) is 16.0. The van der Waals surface area contributed by atoms with E-state index in [0.717, 1.165) is 0 Å². The Morgan fingerprint density at radius 1 is 0.968 bits per heavy atom. The maximum absolute atomic E-state index is 13.9. The summed E-state index contributed by atoms with van der Waals surface area (Å²) in [4.78, 5) is 70.0. The number of methoxy groups -OCH3 is 1. The lowest BCUT2D eigenvalue weighted by atomic mass is 9.94. The molecule has 62 heavy (non-hydrogen) atoms. The molecule has 332 valence electrons. The molecule has 0 spiro atoms. The van der Waals surface area contributed by atoms with Gasteiger partial charge in [0, 0.05) is 73.4 Å². The quantitative estimate of drug-likeness (QED) is 0.137. The largest absolute Gasteiger partial charge is 0.573 e. The van der Waals surface area contributed by atoms with E-state index in [0.29, 0.717) is 79.6 Å². The number of halogens is 3. The first-order chi connectivity index (χ1) is 29.3. The SMILES string of the molecule is CCc1cc(-c2ccc(-c3c[nH]c(C4CC(C)CN4C(=O)[C@@H](NC(=O)OC)C(C)C)n3)cc2)c(OC(F)(F)F)cc1NC(=O)c1ccc(N2CCN(C(=O)C(C)(C)C)CC2)nc1. The summed E-state index contributed by atoms with van der Waals surface area (Å²) >= 11 is 0. The fourth-order valence-corrected chi connectivity index (χ4v) is 7.89. The summed E-state index contributed by atoms with van der Waals surface area (Å²) in [5, 5.41) is 5.41. The van der Waals surface area contributed by atoms with Crippen LogP contribution in [-0.4, -0.2) is 101 Å². The number of hydrogen-bond donors (Lipinski definition) is 3. The van der Waals surface area contributed by atoms with E-state index in [9.17, 15) is 32.3 Å². The van der Waals surface area contributed by atoms with Gasteiger partial charge in [-0.05, 0) is 54.0 Å². The Balaban J connectivity index is 1.18. The number of nitrogens with zero attached hydrogens (tertiary/aromatic N) is 5. The molecule has 2 fully saturated rings. The lowest BCUT2D eigenvalue weighted by Crippen LogP contribution is -2.51. The van der Waals surface area contributed by atoms with Crippen molar-refractivity contribution in [3.8, 4) is 28.1 Å². The van der Waals surface area contributed by atoms with Crippen LogP contribution < -0.4 is 20.3 Å². The fourth-order valence-electron chi connectivity index (χ4n) is 7.89. The van der Waals surface area contributed by atoms with Gasteiger partial charge in [0.1, 0.15) is 23.4 Å². The molecular formula is C45H55F3N8O6. The van der Waals surface area contributed by atoms with Gasteiger partial charge in [-0.2, -0.15) is 0 Å². The Morgan fingerprint density at radius 2 is 1.65 bits per heavy atom. The third-order valence-electron chi connectivity index (χ3n) is 11.2. The van der Waals surface area contributed by atoms with Crippen LogP contribution in [0.15, 0.2) is 60.9 Å². The van der Waals surface area contributed by atoms with E-state index >= 15 is 0 Å². The van der Waals surface area contributed by atoms with Gasteiger partial charge in [0.15, 0.2) is 0 Å². The molecule has 2 aliphatic rings. The number of nitrogens with one attached hydrogen (secondary N) is 3. The third kappa shape index (κ3) is 10.5. The number of rotatable bonds is 11. The second-order valence-electron chi connectivity index (χ2n) is 17.2. The molecule has 4 heterocycles. The summed E-state index contributed by atoms with van der Waals surface area (Å²) in [7, 11) is 1.24. The number of hydrogen-bond acceptors (Lipinski definition) is 9. The van der Waals surface area contributed by atoms with E-state index in [1.54, 1.807) is 53.6 Å². The summed E-state index contributed by atoms with van der Waals surface area (Å²) in [6.07, 6.45) is -1.52. The molecule has 3 N–H and O–H groups in total. The molecular weight excluding hydrogens is 806 g/mol. The van der Waals surface area contributed by atoms with Crippen molar-refractivity contribution in [2.75, 3.05) is 50.1 Å². The van der Waals surface area contributed by atoms with Crippen molar-refractivity contribution < 1.29 is 41.8 Å². The molecule has 4 amide bonds. The Hall–Kier alpha value is -6.13. The maximum atomic E-state index is 13.9. The van der Waals surface area contributed by atoms with Gasteiger partial charge in [-0.15, -0.1) is 13.2 Å². The number of benzene rings is 2. The Bertz CT molecular complexity index is 2250. The van der Waals surface area contributed by atoms with Gasteiger partial charge in [-0.1, -0.05) is 72.7 Å². The number of ether oxygens (including phenoxy) is 2. The molecule has 6 rings (SSSR count). The van der Waals surface area contributed by atoms with Crippen LogP contribution in [0.3, 0.4) is 0 Å². The number of alkyl carbamates (subject to hydrolysis) is 1. The number of aromatic amines is 1. The molecule has 2 aliphatic heterocycles. The minimum absolute atomic E-state index is 0.0886. The number of alkyl halides is 3. The molecule has 0 saturated carbocycles. The van der Waals surface area contributed by atoms with E-state index in [2.05, 4.69) is 25.3 Å². The van der Waals surface area contributed by atoms with Crippen LogP contribution in [0.1, 0.15) is 82.7 Å². The first-order valence-corrected chi connectivity index (χ1v) is 20.8. The minimum Gasteiger partial charge on any atom is -0.453 e. The van der Waals surface area contributed by atoms with Crippen LogP contribution in [0.4, 0.5) is 29.5 Å². The molecule has 14 nitrogen and oxygen atoms in total. The van der Waals surface area contributed by atoms with Gasteiger partial charge < -0.3 is 39.8 Å². The van der Waals surface area contributed by atoms with E-state index in [-0.39, 0.29) is 46.5 Å². The second kappa shape index (κ2) is 18.5. The highest BCUT2D eigenvalue weighted by atomic mass is 19.4. The maximum Gasteiger partial charge on any atom is 0.573 e. The zero-order valence-corrected chi connectivity index (χ0v) is 36.4. The Kier molecular flexibility index (Phi) is 13.5. The first-order valence-electron chi connectivity index (χ1n) is 20.8. The number of piperazine rings is 1. The predicted octanol–water partition coefficient (Wildman–Crippen LogP) is 7.84. The van der Waals surface area contributed by atoms with Crippen LogP contribution >= 0.6 is 0 Å². The van der Waals surface area contributed by atoms with Gasteiger partial charge in [0.25, 0.3) is 5.91 Å². The molecule has 0 radical (unpaired) electrons. The molecule has 2 unspecified atom stereocenters. The Labute approximate surface area is 359 Å². The average Bonchev–Trinajstić information content (AvgIpc) is 3.88. The summed E-state index contributed by atoms with van der Waals surface area (Å²) in [5.41, 5.74) is 2.37. The summed E-state index contributed by atoms with van der Waals surface area (Å²) in [5.74, 6) is 0.0226. The van der Waals surface area contributed by atoms with E-state index in [1.165, 1.54) is 19.4 Å². The molecule has 2 saturated heterocycles. The molecule has 0 bridgehead atoms. The van der Waals surface area contributed by atoms with Crippen molar-refractivity contribution in [2.45, 2.75) is 79.8 Å². The number of carbonyl (C=O) groups is 4. The number of imidazole rings is 1. The highest BCUT2D eigenvalue weighted by Gasteiger charge is 2.40. The molecule has 0 aliphatic carbocycles. The highest BCUT2D eigenvalue weighted by molar-refractivity contribution is 6.05. The minimum atomic E-state index is -5.02. The highest BCUT2D eigenvalue weighted by Crippen LogP contribution is 2.40. The van der Waals surface area contributed by atoms with Crippen molar-refractivity contribution in [1.82, 2.24) is 30.1 Å². The van der Waals surface area contributed by atoms with Crippen molar-refractivity contribution in [2.24, 2.45) is 17.3 Å². The lowest BCUT2D eigenvalue weighted by Gasteiger charge is -2.38. The smallest absolute Gasteiger partial charge is 0.453 e. The molecule has 2 aromatic heterocycles. The van der Waals surface area contributed by atoms with Crippen molar-refractivity contribution in [1.29, 1.82) is 0 Å². The van der Waals surface area contributed by atoms with Gasteiger partial charge in [0.2, 0.25) is 11.8 Å². The second-order valence-corrected chi connectivity index (χ2v) is 17.2. The van der Waals surface area contributed by atoms with Gasteiger partial charge in [0.05, 0.1) is 24.4 Å². The van der Waals surface area contributed by atoms with Crippen LogP contribution in [0.25, 0.3) is 22.4 Å². The number of aromatic nitrogens is 3. The number of aryl methyl sites for hydroxylation is 1. The fraction of sp³-hybridized carbons (Fsp3) is 0.467. The van der Waals surface area contributed by atoms with Crippen LogP contribution in [0, 0.1) is 17.3 Å². The number of H-pyrrole nitrogens is 1. The molecule has 17 heteroatoms. The summed E-state index contributed by atoms with van der Waals surface area (Å²) < 4.78 is 50.8. The standard InChI is InChI=1S/C45H55F3N8O6/c1-9-28-21-32(29-10-12-30(13-11-29)34-24-50-39(51-34)35-20-27(4)25-56(35)41(58)38(26(2)3)53-43(60)61-8)36(62-45(46,47)48)22-33(28)52-40(57)31-14-15-37(49-23-31)54-16-18-55(19-17-54)42(59)44(5,6)7/h10-15,21-24,26-27,35,38H,9,16-20,25H2,1-8H3,(H,50,51)(H,52,57)(H,53,60)/t27?,35?,38-/m0/s1. The number of pyridine rings is 1. The number of amides is 4. The van der Waals surface area contributed by atoms with Gasteiger partial charge >= 0.3 is 12.5 Å². The van der Waals surface area contributed by atoms with Crippen LogP contribution in [0.2, 0.25) is 0 Å².